The lowest BCUT2D eigenvalue weighted by Gasteiger charge is -2.07. The molecule has 0 aromatic heterocycles. The Labute approximate surface area is 120 Å². The molecular weight excluding hydrogens is 332 g/mol. The van der Waals surface area contributed by atoms with E-state index in [0.29, 0.717) is 5.75 Å². The summed E-state index contributed by atoms with van der Waals surface area (Å²) in [5, 5.41) is 0. The van der Waals surface area contributed by atoms with E-state index in [2.05, 4.69) is 15.9 Å². The highest BCUT2D eigenvalue weighted by Gasteiger charge is 2.16. The maximum absolute atomic E-state index is 12.0. The van der Waals surface area contributed by atoms with E-state index in [1.54, 1.807) is 36.4 Å². The maximum Gasteiger partial charge on any atom is 0.339 e. The summed E-state index contributed by atoms with van der Waals surface area (Å²) >= 11 is 3.25. The van der Waals surface area contributed by atoms with Gasteiger partial charge in [0, 0.05) is 4.47 Å². The molecule has 2 rings (SSSR count). The zero-order valence-electron chi connectivity index (χ0n) is 10.0. The van der Waals surface area contributed by atoms with Gasteiger partial charge in [-0.2, -0.15) is 8.42 Å². The van der Waals surface area contributed by atoms with Crippen LogP contribution in [0.4, 0.5) is 0 Å². The van der Waals surface area contributed by atoms with Gasteiger partial charge in [0.25, 0.3) is 0 Å². The Balaban J connectivity index is 2.27. The molecule has 0 atom stereocenters. The first-order chi connectivity index (χ1) is 9.01. The van der Waals surface area contributed by atoms with Crippen LogP contribution in [0.2, 0.25) is 0 Å². The van der Waals surface area contributed by atoms with Crippen LogP contribution < -0.4 is 8.92 Å². The Morgan fingerprint density at radius 3 is 2.26 bits per heavy atom. The molecule has 0 radical (unpaired) electrons. The third-order valence-electron chi connectivity index (χ3n) is 2.35. The molecule has 0 bridgehead atoms. The van der Waals surface area contributed by atoms with Crippen molar-refractivity contribution in [2.24, 2.45) is 0 Å². The number of ether oxygens (including phenoxy) is 1. The topological polar surface area (TPSA) is 52.6 Å². The molecule has 6 heteroatoms. The van der Waals surface area contributed by atoms with E-state index in [9.17, 15) is 8.42 Å². The summed E-state index contributed by atoms with van der Waals surface area (Å²) in [6.07, 6.45) is 0. The number of rotatable bonds is 4. The van der Waals surface area contributed by atoms with Gasteiger partial charge in [0.2, 0.25) is 0 Å². The second-order valence-electron chi connectivity index (χ2n) is 3.67. The monoisotopic (exact) mass is 342 g/mol. The van der Waals surface area contributed by atoms with Crippen molar-refractivity contribution in [3.63, 3.8) is 0 Å². The largest absolute Gasteiger partial charge is 0.497 e. The highest BCUT2D eigenvalue weighted by molar-refractivity contribution is 9.10. The fourth-order valence-electron chi connectivity index (χ4n) is 1.44. The van der Waals surface area contributed by atoms with Gasteiger partial charge in [0.05, 0.1) is 7.11 Å². The van der Waals surface area contributed by atoms with Gasteiger partial charge in [-0.3, -0.25) is 0 Å². The smallest absolute Gasteiger partial charge is 0.339 e. The molecule has 2 aromatic rings. The summed E-state index contributed by atoms with van der Waals surface area (Å²) in [5.41, 5.74) is 0. The van der Waals surface area contributed by atoms with Gasteiger partial charge in [0.15, 0.2) is 0 Å². The number of hydrogen-bond acceptors (Lipinski definition) is 4. The average molecular weight is 343 g/mol. The third-order valence-corrected chi connectivity index (χ3v) is 4.10. The van der Waals surface area contributed by atoms with Crippen LogP contribution in [0, 0.1) is 0 Å². The Kier molecular flexibility index (Phi) is 4.11. The molecule has 0 heterocycles. The van der Waals surface area contributed by atoms with Crippen molar-refractivity contribution in [3.05, 3.63) is 53.0 Å². The quantitative estimate of drug-likeness (QED) is 0.800. The van der Waals surface area contributed by atoms with Crippen LogP contribution in [-0.4, -0.2) is 15.5 Å². The van der Waals surface area contributed by atoms with Gasteiger partial charge in [-0.1, -0.05) is 22.0 Å². The second-order valence-corrected chi connectivity index (χ2v) is 6.13. The van der Waals surface area contributed by atoms with Crippen molar-refractivity contribution in [2.45, 2.75) is 4.90 Å². The Bertz CT molecular complexity index is 665. The normalized spacial score (nSPS) is 11.1. The molecule has 0 spiro atoms. The zero-order valence-corrected chi connectivity index (χ0v) is 12.4. The van der Waals surface area contributed by atoms with Crippen LogP contribution >= 0.6 is 15.9 Å². The number of methoxy groups -OCH3 is 1. The molecule has 0 aliphatic heterocycles. The van der Waals surface area contributed by atoms with E-state index in [1.165, 1.54) is 19.2 Å². The lowest BCUT2D eigenvalue weighted by molar-refractivity contribution is 0.414. The van der Waals surface area contributed by atoms with Crippen molar-refractivity contribution in [3.8, 4) is 11.5 Å². The van der Waals surface area contributed by atoms with Crippen molar-refractivity contribution in [2.75, 3.05) is 7.11 Å². The van der Waals surface area contributed by atoms with Crippen LogP contribution in [0.3, 0.4) is 0 Å². The SMILES string of the molecule is COc1ccc(S(=O)(=O)Oc2cccc(Br)c2)cc1. The minimum Gasteiger partial charge on any atom is -0.497 e. The van der Waals surface area contributed by atoms with Crippen molar-refractivity contribution >= 4 is 26.0 Å². The highest BCUT2D eigenvalue weighted by atomic mass is 79.9. The Hall–Kier alpha value is -1.53. The average Bonchev–Trinajstić information content (AvgIpc) is 2.38. The van der Waals surface area contributed by atoms with Crippen molar-refractivity contribution in [1.82, 2.24) is 0 Å². The van der Waals surface area contributed by atoms with Gasteiger partial charge >= 0.3 is 10.1 Å². The predicted molar refractivity (Wildman–Crippen MR) is 74.9 cm³/mol. The Morgan fingerprint density at radius 1 is 1.00 bits per heavy atom. The first-order valence-electron chi connectivity index (χ1n) is 5.35. The van der Waals surface area contributed by atoms with Crippen LogP contribution in [0.1, 0.15) is 0 Å². The van der Waals surface area contributed by atoms with Gasteiger partial charge in [-0.25, -0.2) is 0 Å². The number of halogens is 1. The summed E-state index contributed by atoms with van der Waals surface area (Å²) in [6.45, 7) is 0. The van der Waals surface area contributed by atoms with E-state index >= 15 is 0 Å². The molecule has 0 aliphatic rings. The maximum atomic E-state index is 12.0. The van der Waals surface area contributed by atoms with E-state index in [-0.39, 0.29) is 10.6 Å². The molecule has 0 amide bonds. The third kappa shape index (κ3) is 3.48. The number of hydrogen-bond donors (Lipinski definition) is 0. The fourth-order valence-corrected chi connectivity index (χ4v) is 2.74. The molecule has 0 unspecified atom stereocenters. The standard InChI is InChI=1S/C13H11BrO4S/c1-17-11-5-7-13(8-6-11)19(15,16)18-12-4-2-3-10(14)9-12/h2-9H,1H3. The van der Waals surface area contributed by atoms with Gasteiger partial charge in [-0.05, 0) is 42.5 Å². The van der Waals surface area contributed by atoms with E-state index in [4.69, 9.17) is 8.92 Å². The van der Waals surface area contributed by atoms with Gasteiger partial charge in [0.1, 0.15) is 16.4 Å². The number of benzene rings is 2. The summed E-state index contributed by atoms with van der Waals surface area (Å²) in [6, 6.07) is 12.6. The van der Waals surface area contributed by atoms with Crippen LogP contribution in [-0.2, 0) is 10.1 Å². The molecule has 0 fully saturated rings. The molecule has 0 saturated carbocycles. The van der Waals surface area contributed by atoms with Gasteiger partial charge < -0.3 is 8.92 Å². The minimum atomic E-state index is -3.83. The zero-order chi connectivity index (χ0) is 13.9. The minimum absolute atomic E-state index is 0.0771. The van der Waals surface area contributed by atoms with Crippen LogP contribution in [0.25, 0.3) is 0 Å². The first kappa shape index (κ1) is 13.9. The lowest BCUT2D eigenvalue weighted by Crippen LogP contribution is -2.09. The fraction of sp³-hybridized carbons (Fsp3) is 0.0769. The lowest BCUT2D eigenvalue weighted by atomic mass is 10.3. The molecule has 0 N–H and O–H groups in total. The van der Waals surface area contributed by atoms with E-state index in [1.807, 2.05) is 0 Å². The van der Waals surface area contributed by atoms with Crippen molar-refractivity contribution in [1.29, 1.82) is 0 Å². The Morgan fingerprint density at radius 2 is 1.68 bits per heavy atom. The van der Waals surface area contributed by atoms with Crippen LogP contribution in [0.15, 0.2) is 57.9 Å². The molecule has 2 aromatic carbocycles. The first-order valence-corrected chi connectivity index (χ1v) is 7.55. The highest BCUT2D eigenvalue weighted by Crippen LogP contribution is 2.23. The molecular formula is C13H11BrO4S. The predicted octanol–water partition coefficient (Wildman–Crippen LogP) is 3.23. The second kappa shape index (κ2) is 5.63. The molecule has 0 saturated heterocycles. The van der Waals surface area contributed by atoms with E-state index in [0.717, 1.165) is 4.47 Å². The van der Waals surface area contributed by atoms with Crippen molar-refractivity contribution < 1.29 is 17.3 Å². The summed E-state index contributed by atoms with van der Waals surface area (Å²) in [4.78, 5) is 0.0771. The molecule has 19 heavy (non-hydrogen) atoms. The molecule has 4 nitrogen and oxygen atoms in total. The summed E-state index contributed by atoms with van der Waals surface area (Å²) < 4.78 is 34.8. The summed E-state index contributed by atoms with van der Waals surface area (Å²) in [5.74, 6) is 0.839. The molecule has 0 aliphatic carbocycles. The van der Waals surface area contributed by atoms with Crippen LogP contribution in [0.5, 0.6) is 11.5 Å². The van der Waals surface area contributed by atoms with E-state index < -0.39 is 10.1 Å². The van der Waals surface area contributed by atoms with Gasteiger partial charge in [-0.15, -0.1) is 0 Å². The molecule has 100 valence electrons. The summed E-state index contributed by atoms with van der Waals surface area (Å²) in [7, 11) is -2.32.